The average molecular weight is 254 g/mol. The van der Waals surface area contributed by atoms with Crippen molar-refractivity contribution in [1.82, 2.24) is 10.2 Å². The molecule has 2 rings (SSSR count). The van der Waals surface area contributed by atoms with Crippen molar-refractivity contribution in [3.63, 3.8) is 0 Å². The van der Waals surface area contributed by atoms with E-state index in [1.165, 1.54) is 45.3 Å². The van der Waals surface area contributed by atoms with E-state index in [2.05, 4.69) is 31.0 Å². The Morgan fingerprint density at radius 1 is 1.17 bits per heavy atom. The van der Waals surface area contributed by atoms with Gasteiger partial charge in [-0.3, -0.25) is 4.90 Å². The number of aliphatic hydroxyl groups excluding tert-OH is 1. The topological polar surface area (TPSA) is 35.5 Å². The second kappa shape index (κ2) is 5.89. The van der Waals surface area contributed by atoms with Crippen LogP contribution in [-0.4, -0.2) is 48.3 Å². The Morgan fingerprint density at radius 2 is 1.78 bits per heavy atom. The van der Waals surface area contributed by atoms with Gasteiger partial charge < -0.3 is 10.4 Å². The van der Waals surface area contributed by atoms with Gasteiger partial charge in [0.1, 0.15) is 0 Å². The van der Waals surface area contributed by atoms with Gasteiger partial charge in [-0.2, -0.15) is 0 Å². The van der Waals surface area contributed by atoms with Crippen molar-refractivity contribution in [1.29, 1.82) is 0 Å². The summed E-state index contributed by atoms with van der Waals surface area (Å²) in [4.78, 5) is 2.56. The fourth-order valence-corrected chi connectivity index (χ4v) is 2.70. The number of aliphatic hydroxyl groups is 1. The summed E-state index contributed by atoms with van der Waals surface area (Å²) in [5.41, 5.74) is 0.00125. The van der Waals surface area contributed by atoms with Crippen LogP contribution in [0.15, 0.2) is 0 Å². The second-order valence-corrected chi connectivity index (χ2v) is 7.26. The lowest BCUT2D eigenvalue weighted by Crippen LogP contribution is -2.44. The van der Waals surface area contributed by atoms with E-state index < -0.39 is 0 Å². The van der Waals surface area contributed by atoms with Gasteiger partial charge in [-0.15, -0.1) is 0 Å². The Balaban J connectivity index is 1.83. The zero-order valence-corrected chi connectivity index (χ0v) is 12.3. The molecule has 2 aliphatic rings. The lowest BCUT2D eigenvalue weighted by molar-refractivity contribution is 0.0202. The Labute approximate surface area is 112 Å². The van der Waals surface area contributed by atoms with Crippen LogP contribution in [0.3, 0.4) is 0 Å². The molecule has 1 atom stereocenters. The molecule has 1 aliphatic carbocycles. The van der Waals surface area contributed by atoms with Crippen molar-refractivity contribution in [2.75, 3.05) is 26.2 Å². The second-order valence-electron chi connectivity index (χ2n) is 7.26. The van der Waals surface area contributed by atoms with Crippen molar-refractivity contribution in [3.8, 4) is 0 Å². The summed E-state index contributed by atoms with van der Waals surface area (Å²) >= 11 is 0. The van der Waals surface area contributed by atoms with Crippen molar-refractivity contribution in [2.24, 2.45) is 11.3 Å². The summed E-state index contributed by atoms with van der Waals surface area (Å²) in [7, 11) is 0. The molecule has 0 amide bonds. The zero-order chi connectivity index (χ0) is 13.2. The van der Waals surface area contributed by atoms with Gasteiger partial charge in [-0.05, 0) is 50.1 Å². The van der Waals surface area contributed by atoms with Crippen molar-refractivity contribution >= 4 is 0 Å². The van der Waals surface area contributed by atoms with Crippen LogP contribution in [-0.2, 0) is 0 Å². The third kappa shape index (κ3) is 4.22. The van der Waals surface area contributed by atoms with Crippen LogP contribution in [0.1, 0.15) is 46.5 Å². The van der Waals surface area contributed by atoms with Crippen LogP contribution in [0.25, 0.3) is 0 Å². The van der Waals surface area contributed by atoms with Gasteiger partial charge in [0.15, 0.2) is 0 Å². The average Bonchev–Trinajstić information content (AvgIpc) is 3.12. The molecule has 1 aliphatic heterocycles. The van der Waals surface area contributed by atoms with E-state index >= 15 is 0 Å². The van der Waals surface area contributed by atoms with Crippen LogP contribution in [0, 0.1) is 11.3 Å². The molecular formula is C15H30N2O. The minimum atomic E-state index is -0.209. The highest BCUT2D eigenvalue weighted by Crippen LogP contribution is 2.31. The highest BCUT2D eigenvalue weighted by Gasteiger charge is 2.34. The van der Waals surface area contributed by atoms with Crippen molar-refractivity contribution in [2.45, 2.75) is 58.6 Å². The molecule has 0 aromatic rings. The zero-order valence-electron chi connectivity index (χ0n) is 12.3. The van der Waals surface area contributed by atoms with E-state index in [1.54, 1.807) is 0 Å². The van der Waals surface area contributed by atoms with Crippen LogP contribution in [0.5, 0.6) is 0 Å². The molecule has 1 saturated carbocycles. The van der Waals surface area contributed by atoms with E-state index in [4.69, 9.17) is 0 Å². The molecule has 1 heterocycles. The third-order valence-corrected chi connectivity index (χ3v) is 4.42. The molecule has 0 spiro atoms. The van der Waals surface area contributed by atoms with E-state index in [9.17, 15) is 5.11 Å². The monoisotopic (exact) mass is 254 g/mol. The first-order valence-corrected chi connectivity index (χ1v) is 7.59. The van der Waals surface area contributed by atoms with E-state index in [0.717, 1.165) is 18.5 Å². The lowest BCUT2D eigenvalue weighted by atomic mass is 9.88. The first-order valence-electron chi connectivity index (χ1n) is 7.59. The molecule has 1 saturated heterocycles. The molecule has 18 heavy (non-hydrogen) atoms. The Morgan fingerprint density at radius 3 is 2.28 bits per heavy atom. The molecule has 3 heteroatoms. The number of nitrogens with one attached hydrogen (secondary N) is 1. The van der Waals surface area contributed by atoms with E-state index in [-0.39, 0.29) is 11.5 Å². The third-order valence-electron chi connectivity index (χ3n) is 4.42. The number of hydrogen-bond acceptors (Lipinski definition) is 3. The summed E-state index contributed by atoms with van der Waals surface area (Å²) in [6.07, 6.45) is 5.06. The largest absolute Gasteiger partial charge is 0.391 e. The maximum Gasteiger partial charge on any atom is 0.0715 e. The predicted molar refractivity (Wildman–Crippen MR) is 75.7 cm³/mol. The number of rotatable bonds is 5. The molecular weight excluding hydrogens is 224 g/mol. The Hall–Kier alpha value is -0.120. The SMILES string of the molecule is CC(C)(C)C(O)CN(CC1CCNCC1)C1CC1. The fraction of sp³-hybridized carbons (Fsp3) is 1.00. The number of nitrogens with zero attached hydrogens (tertiary/aromatic N) is 1. The highest BCUT2D eigenvalue weighted by atomic mass is 16.3. The van der Waals surface area contributed by atoms with Gasteiger partial charge >= 0.3 is 0 Å². The smallest absolute Gasteiger partial charge is 0.0715 e. The summed E-state index contributed by atoms with van der Waals surface area (Å²) < 4.78 is 0. The highest BCUT2D eigenvalue weighted by molar-refractivity contribution is 4.89. The van der Waals surface area contributed by atoms with Crippen LogP contribution < -0.4 is 5.32 Å². The Kier molecular flexibility index (Phi) is 4.68. The summed E-state index contributed by atoms with van der Waals surface area (Å²) in [6.45, 7) is 10.8. The summed E-state index contributed by atoms with van der Waals surface area (Å²) in [5, 5.41) is 13.7. The van der Waals surface area contributed by atoms with Gasteiger partial charge in [-0.25, -0.2) is 0 Å². The van der Waals surface area contributed by atoms with Crippen LogP contribution in [0.4, 0.5) is 0 Å². The summed E-state index contributed by atoms with van der Waals surface area (Å²) in [5.74, 6) is 0.832. The van der Waals surface area contributed by atoms with Crippen molar-refractivity contribution < 1.29 is 5.11 Å². The molecule has 3 nitrogen and oxygen atoms in total. The predicted octanol–water partition coefficient (Wildman–Crippen LogP) is 1.86. The molecule has 0 aromatic heterocycles. The first kappa shape index (κ1) is 14.3. The van der Waals surface area contributed by atoms with Gasteiger partial charge in [0.25, 0.3) is 0 Å². The maximum atomic E-state index is 10.3. The van der Waals surface area contributed by atoms with Gasteiger partial charge in [0, 0.05) is 19.1 Å². The quantitative estimate of drug-likeness (QED) is 0.786. The fourth-order valence-electron chi connectivity index (χ4n) is 2.70. The molecule has 106 valence electrons. The molecule has 1 unspecified atom stereocenters. The number of hydrogen-bond donors (Lipinski definition) is 2. The molecule has 2 N–H and O–H groups in total. The maximum absolute atomic E-state index is 10.3. The molecule has 2 fully saturated rings. The first-order chi connectivity index (χ1) is 8.47. The van der Waals surface area contributed by atoms with Gasteiger partial charge in [-0.1, -0.05) is 20.8 Å². The van der Waals surface area contributed by atoms with Crippen LogP contribution >= 0.6 is 0 Å². The molecule has 0 aromatic carbocycles. The summed E-state index contributed by atoms with van der Waals surface area (Å²) in [6, 6.07) is 0.761. The van der Waals surface area contributed by atoms with E-state index in [1.807, 2.05) is 0 Å². The van der Waals surface area contributed by atoms with E-state index in [0.29, 0.717) is 0 Å². The molecule has 0 radical (unpaired) electrons. The van der Waals surface area contributed by atoms with Gasteiger partial charge in [0.05, 0.1) is 6.10 Å². The normalized spacial score (nSPS) is 24.5. The minimum absolute atomic E-state index is 0.00125. The molecule has 0 bridgehead atoms. The Bertz CT molecular complexity index is 252. The lowest BCUT2D eigenvalue weighted by Gasteiger charge is -2.35. The standard InChI is InChI=1S/C15H30N2O/c1-15(2,3)14(18)11-17(13-4-5-13)10-12-6-8-16-9-7-12/h12-14,16,18H,4-11H2,1-3H3. The minimum Gasteiger partial charge on any atom is -0.391 e. The van der Waals surface area contributed by atoms with Crippen molar-refractivity contribution in [3.05, 3.63) is 0 Å². The van der Waals surface area contributed by atoms with Crippen LogP contribution in [0.2, 0.25) is 0 Å². The number of piperidine rings is 1. The van der Waals surface area contributed by atoms with Gasteiger partial charge in [0.2, 0.25) is 0 Å².